The molecule has 0 bridgehead atoms. The minimum atomic E-state index is -3.59. The van der Waals surface area contributed by atoms with Gasteiger partial charge in [0.05, 0.1) is 17.5 Å². The third kappa shape index (κ3) is 2.89. The van der Waals surface area contributed by atoms with Crippen LogP contribution in [0.25, 0.3) is 10.9 Å². The number of anilines is 1. The Morgan fingerprint density at radius 2 is 2.19 bits per heavy atom. The van der Waals surface area contributed by atoms with Crippen LogP contribution in [0.2, 0.25) is 0 Å². The number of benzene rings is 1. The quantitative estimate of drug-likeness (QED) is 0.801. The van der Waals surface area contributed by atoms with Gasteiger partial charge in [-0.3, -0.25) is 9.48 Å². The summed E-state index contributed by atoms with van der Waals surface area (Å²) >= 11 is 0. The van der Waals surface area contributed by atoms with Crippen LogP contribution >= 0.6 is 10.7 Å². The van der Waals surface area contributed by atoms with Crippen molar-refractivity contribution in [3.8, 4) is 0 Å². The zero-order valence-corrected chi connectivity index (χ0v) is 12.9. The Balaban J connectivity index is 1.88. The number of carbonyl (C=O) groups is 1. The van der Waals surface area contributed by atoms with E-state index in [9.17, 15) is 13.2 Å². The van der Waals surface area contributed by atoms with Crippen molar-refractivity contribution < 1.29 is 13.2 Å². The summed E-state index contributed by atoms with van der Waals surface area (Å²) in [5.41, 5.74) is 1.68. The number of hydrogen-bond donors (Lipinski definition) is 0. The lowest BCUT2D eigenvalue weighted by Gasteiger charge is -2.16. The highest BCUT2D eigenvalue weighted by Crippen LogP contribution is 2.29. The van der Waals surface area contributed by atoms with Gasteiger partial charge >= 0.3 is 0 Å². The molecule has 0 saturated carbocycles. The van der Waals surface area contributed by atoms with Crippen LogP contribution in [0, 0.1) is 5.92 Å². The molecule has 3 rings (SSSR count). The average molecular weight is 328 g/mol. The molecule has 21 heavy (non-hydrogen) atoms. The first-order valence-electron chi connectivity index (χ1n) is 6.48. The Bertz CT molecular complexity index is 815. The number of aromatic nitrogens is 2. The molecule has 1 aliphatic heterocycles. The maximum atomic E-state index is 12.1. The first-order chi connectivity index (χ1) is 9.83. The van der Waals surface area contributed by atoms with Gasteiger partial charge in [0, 0.05) is 47.7 Å². The van der Waals surface area contributed by atoms with E-state index in [1.54, 1.807) is 15.8 Å². The van der Waals surface area contributed by atoms with Crippen molar-refractivity contribution in [2.75, 3.05) is 17.2 Å². The Kier molecular flexibility index (Phi) is 3.41. The van der Waals surface area contributed by atoms with Crippen molar-refractivity contribution in [1.82, 2.24) is 9.78 Å². The fourth-order valence-corrected chi connectivity index (χ4v) is 4.05. The number of nitrogens with zero attached hydrogens (tertiary/aromatic N) is 3. The average Bonchev–Trinajstić information content (AvgIpc) is 2.91. The highest BCUT2D eigenvalue weighted by Gasteiger charge is 2.33. The molecule has 1 saturated heterocycles. The third-order valence-corrected chi connectivity index (χ3v) is 4.93. The third-order valence-electron chi connectivity index (χ3n) is 3.68. The van der Waals surface area contributed by atoms with Gasteiger partial charge in [-0.1, -0.05) is 0 Å². The van der Waals surface area contributed by atoms with Crippen LogP contribution in [0.5, 0.6) is 0 Å². The molecule has 0 radical (unpaired) electrons. The molecular weight excluding hydrogens is 314 g/mol. The molecule has 1 amide bonds. The molecule has 2 heterocycles. The number of carbonyl (C=O) groups excluding carboxylic acids is 1. The van der Waals surface area contributed by atoms with Gasteiger partial charge in [0.25, 0.3) is 0 Å². The molecule has 112 valence electrons. The van der Waals surface area contributed by atoms with E-state index >= 15 is 0 Å². The summed E-state index contributed by atoms with van der Waals surface area (Å²) in [5.74, 6) is -0.519. The topological polar surface area (TPSA) is 72.3 Å². The molecule has 8 heteroatoms. The van der Waals surface area contributed by atoms with E-state index < -0.39 is 9.05 Å². The van der Waals surface area contributed by atoms with E-state index in [0.717, 1.165) is 16.6 Å². The molecule has 1 fully saturated rings. The predicted octanol–water partition coefficient (Wildman–Crippen LogP) is 1.49. The van der Waals surface area contributed by atoms with Crippen molar-refractivity contribution in [1.29, 1.82) is 0 Å². The normalized spacial score (nSPS) is 19.6. The minimum Gasteiger partial charge on any atom is -0.312 e. The molecule has 2 aromatic rings. The molecule has 1 aromatic carbocycles. The molecule has 1 atom stereocenters. The fourth-order valence-electron chi connectivity index (χ4n) is 2.72. The summed E-state index contributed by atoms with van der Waals surface area (Å²) in [6, 6.07) is 5.63. The zero-order valence-electron chi connectivity index (χ0n) is 11.4. The Morgan fingerprint density at radius 3 is 2.90 bits per heavy atom. The molecular formula is C13H14ClN3O3S. The second-order valence-electron chi connectivity index (χ2n) is 5.29. The van der Waals surface area contributed by atoms with E-state index in [0.29, 0.717) is 6.54 Å². The van der Waals surface area contributed by atoms with Crippen LogP contribution in [0.3, 0.4) is 0 Å². The van der Waals surface area contributed by atoms with Gasteiger partial charge in [-0.15, -0.1) is 0 Å². The van der Waals surface area contributed by atoms with E-state index in [1.165, 1.54) is 0 Å². The van der Waals surface area contributed by atoms with Crippen LogP contribution in [0.15, 0.2) is 24.4 Å². The van der Waals surface area contributed by atoms with Crippen molar-refractivity contribution in [3.05, 3.63) is 24.4 Å². The maximum Gasteiger partial charge on any atom is 0.232 e. The van der Waals surface area contributed by atoms with Gasteiger partial charge in [-0.05, 0) is 18.2 Å². The lowest BCUT2D eigenvalue weighted by atomic mass is 10.1. The number of halogens is 1. The summed E-state index contributed by atoms with van der Waals surface area (Å²) in [6.07, 6.45) is 1.96. The second kappa shape index (κ2) is 4.99. The first kappa shape index (κ1) is 14.3. The standard InChI is InChI=1S/C13H14ClN3O3S/c1-16-12-5-11(3-2-10(12)6-15-16)17-7-9(4-13(17)18)8-21(14,19)20/h2-3,5-6,9H,4,7-8H2,1H3. The van der Waals surface area contributed by atoms with Crippen LogP contribution < -0.4 is 4.90 Å². The first-order valence-corrected chi connectivity index (χ1v) is 8.96. The van der Waals surface area contributed by atoms with E-state index in [-0.39, 0.29) is 24.0 Å². The molecule has 6 nitrogen and oxygen atoms in total. The molecule has 0 N–H and O–H groups in total. The maximum absolute atomic E-state index is 12.1. The monoisotopic (exact) mass is 327 g/mol. The van der Waals surface area contributed by atoms with Crippen molar-refractivity contribution in [2.45, 2.75) is 6.42 Å². The zero-order chi connectivity index (χ0) is 15.2. The Morgan fingerprint density at radius 1 is 1.43 bits per heavy atom. The van der Waals surface area contributed by atoms with Crippen molar-refractivity contribution >= 4 is 42.2 Å². The van der Waals surface area contributed by atoms with Crippen LogP contribution in [-0.2, 0) is 20.9 Å². The summed E-state index contributed by atoms with van der Waals surface area (Å²) in [4.78, 5) is 13.7. The smallest absolute Gasteiger partial charge is 0.232 e. The summed E-state index contributed by atoms with van der Waals surface area (Å²) in [5, 5.41) is 5.16. The van der Waals surface area contributed by atoms with Gasteiger partial charge in [-0.25, -0.2) is 8.42 Å². The highest BCUT2D eigenvalue weighted by atomic mass is 35.7. The number of hydrogen-bond acceptors (Lipinski definition) is 4. The van der Waals surface area contributed by atoms with Gasteiger partial charge in [0.2, 0.25) is 15.0 Å². The SMILES string of the molecule is Cn1ncc2ccc(N3CC(CS(=O)(=O)Cl)CC3=O)cc21. The molecule has 1 aliphatic rings. The van der Waals surface area contributed by atoms with Gasteiger partial charge in [0.1, 0.15) is 0 Å². The van der Waals surface area contributed by atoms with E-state index in [1.807, 2.05) is 25.2 Å². The number of fused-ring (bicyclic) bond motifs is 1. The molecule has 1 unspecified atom stereocenters. The lowest BCUT2D eigenvalue weighted by molar-refractivity contribution is -0.117. The summed E-state index contributed by atoms with van der Waals surface area (Å²) in [6.45, 7) is 0.369. The van der Waals surface area contributed by atoms with Crippen LogP contribution in [0.1, 0.15) is 6.42 Å². The molecule has 1 aromatic heterocycles. The lowest BCUT2D eigenvalue weighted by Crippen LogP contribution is -2.25. The van der Waals surface area contributed by atoms with Crippen molar-refractivity contribution in [3.63, 3.8) is 0 Å². The van der Waals surface area contributed by atoms with E-state index in [4.69, 9.17) is 10.7 Å². The van der Waals surface area contributed by atoms with Gasteiger partial charge < -0.3 is 4.90 Å². The number of amides is 1. The van der Waals surface area contributed by atoms with Gasteiger partial charge in [0.15, 0.2) is 0 Å². The fraction of sp³-hybridized carbons (Fsp3) is 0.385. The summed E-state index contributed by atoms with van der Waals surface area (Å²) < 4.78 is 24.0. The number of aryl methyl sites for hydroxylation is 1. The second-order valence-corrected chi connectivity index (χ2v) is 8.11. The van der Waals surface area contributed by atoms with E-state index in [2.05, 4.69) is 5.10 Å². The molecule has 0 spiro atoms. The number of rotatable bonds is 3. The predicted molar refractivity (Wildman–Crippen MR) is 80.8 cm³/mol. The minimum absolute atomic E-state index is 0.0816. The van der Waals surface area contributed by atoms with Crippen molar-refractivity contribution in [2.24, 2.45) is 13.0 Å². The van der Waals surface area contributed by atoms with Gasteiger partial charge in [-0.2, -0.15) is 5.10 Å². The summed E-state index contributed by atoms with van der Waals surface area (Å²) in [7, 11) is 3.51. The van der Waals surface area contributed by atoms with Crippen LogP contribution in [-0.4, -0.2) is 36.4 Å². The highest BCUT2D eigenvalue weighted by molar-refractivity contribution is 8.13. The molecule has 0 aliphatic carbocycles. The Labute approximate surface area is 126 Å². The van der Waals surface area contributed by atoms with Crippen LogP contribution in [0.4, 0.5) is 5.69 Å². The largest absolute Gasteiger partial charge is 0.312 e. The Hall–Kier alpha value is -1.60.